The van der Waals surface area contributed by atoms with Gasteiger partial charge in [-0.3, -0.25) is 4.57 Å². The number of rotatable bonds is 4. The van der Waals surface area contributed by atoms with Gasteiger partial charge < -0.3 is 10.6 Å². The molecule has 0 bridgehead atoms. The van der Waals surface area contributed by atoms with Crippen LogP contribution in [0, 0.1) is 0 Å². The van der Waals surface area contributed by atoms with Gasteiger partial charge >= 0.3 is 6.03 Å². The highest BCUT2D eigenvalue weighted by Crippen LogP contribution is 2.08. The van der Waals surface area contributed by atoms with Crippen LogP contribution < -0.4 is 10.6 Å². The summed E-state index contributed by atoms with van der Waals surface area (Å²) in [5.74, 6) is 0.626. The van der Waals surface area contributed by atoms with Gasteiger partial charge in [0.2, 0.25) is 6.08 Å². The van der Waals surface area contributed by atoms with E-state index in [4.69, 9.17) is 0 Å². The molecule has 0 fully saturated rings. The minimum atomic E-state index is -0.488. The Bertz CT molecular complexity index is 587. The first kappa shape index (κ1) is 12.4. The number of anilines is 1. The number of hydrogen-bond acceptors (Lipinski definition) is 6. The van der Waals surface area contributed by atoms with E-state index in [1.54, 1.807) is 16.7 Å². The predicted octanol–water partition coefficient (Wildman–Crippen LogP) is 0.0771. The molecule has 0 atom stereocenters. The molecule has 0 aromatic carbocycles. The van der Waals surface area contributed by atoms with Crippen LogP contribution in [-0.2, 0) is 4.79 Å². The van der Waals surface area contributed by atoms with Crippen LogP contribution in [0.1, 0.15) is 0 Å². The molecule has 2 N–H and O–H groups in total. The summed E-state index contributed by atoms with van der Waals surface area (Å²) in [6.45, 7) is -0.123. The highest BCUT2D eigenvalue weighted by molar-refractivity contribution is 5.89. The molecule has 0 radical (unpaired) electrons. The molecule has 9 heteroatoms. The summed E-state index contributed by atoms with van der Waals surface area (Å²) < 4.78 is 1.63. The minimum Gasteiger partial charge on any atom is -0.318 e. The van der Waals surface area contributed by atoms with Gasteiger partial charge in [0.25, 0.3) is 0 Å². The van der Waals surface area contributed by atoms with Crippen LogP contribution in [0.2, 0.25) is 0 Å². The average molecular weight is 259 g/mol. The zero-order valence-corrected chi connectivity index (χ0v) is 9.65. The summed E-state index contributed by atoms with van der Waals surface area (Å²) in [5.41, 5.74) is 0.504. The lowest BCUT2D eigenvalue weighted by atomic mass is 10.4. The van der Waals surface area contributed by atoms with E-state index in [1.807, 2.05) is 0 Å². The molecule has 2 aromatic rings. The van der Waals surface area contributed by atoms with E-state index in [2.05, 4.69) is 30.8 Å². The van der Waals surface area contributed by atoms with Gasteiger partial charge in [-0.2, -0.15) is 4.99 Å². The van der Waals surface area contributed by atoms with E-state index in [0.29, 0.717) is 11.5 Å². The lowest BCUT2D eigenvalue weighted by Crippen LogP contribution is -2.28. The lowest BCUT2D eigenvalue weighted by molar-refractivity contribution is 0.252. The molecule has 2 amide bonds. The number of nitrogens with zero attached hydrogens (tertiary/aromatic N) is 5. The normalized spacial score (nSPS) is 9.47. The molecular weight excluding hydrogens is 250 g/mol. The molecule has 0 aliphatic carbocycles. The van der Waals surface area contributed by atoms with Gasteiger partial charge in [0.15, 0.2) is 0 Å². The Balaban J connectivity index is 1.95. The monoisotopic (exact) mass is 259 g/mol. The number of carbonyl (C=O) groups is 1. The van der Waals surface area contributed by atoms with Crippen molar-refractivity contribution in [1.29, 1.82) is 0 Å². The van der Waals surface area contributed by atoms with Gasteiger partial charge in [0, 0.05) is 0 Å². The highest BCUT2D eigenvalue weighted by atomic mass is 16.2. The summed E-state index contributed by atoms with van der Waals surface area (Å²) in [6.07, 6.45) is 5.83. The fourth-order valence-electron chi connectivity index (χ4n) is 1.25. The number of aromatic nitrogens is 4. The van der Waals surface area contributed by atoms with E-state index in [9.17, 15) is 9.59 Å². The van der Waals surface area contributed by atoms with Crippen LogP contribution in [0.5, 0.6) is 0 Å². The van der Waals surface area contributed by atoms with Crippen molar-refractivity contribution >= 4 is 17.8 Å². The predicted molar refractivity (Wildman–Crippen MR) is 64.3 cm³/mol. The third-order valence-electron chi connectivity index (χ3n) is 2.07. The molecule has 0 saturated heterocycles. The van der Waals surface area contributed by atoms with Crippen molar-refractivity contribution in [2.75, 3.05) is 12.0 Å². The fraction of sp³-hybridized carbons (Fsp3) is 0.100. The van der Waals surface area contributed by atoms with E-state index < -0.39 is 6.03 Å². The first-order valence-electron chi connectivity index (χ1n) is 5.19. The standard InChI is InChI=1S/C10H9N7O2/c18-7-11-4-13-10(19)16-8-1-2-9(12-3-8)17-5-14-15-6-17/h1-3,5-6H,4H2,(H2,13,16,19). The molecule has 96 valence electrons. The largest absolute Gasteiger partial charge is 0.320 e. The zero-order chi connectivity index (χ0) is 13.5. The number of urea groups is 1. The fourth-order valence-corrected chi connectivity index (χ4v) is 1.25. The molecule has 2 aromatic heterocycles. The number of pyridine rings is 1. The van der Waals surface area contributed by atoms with E-state index in [0.717, 1.165) is 0 Å². The molecule has 2 rings (SSSR count). The van der Waals surface area contributed by atoms with Crippen molar-refractivity contribution in [2.45, 2.75) is 0 Å². The van der Waals surface area contributed by atoms with Crippen LogP contribution in [-0.4, -0.2) is 38.5 Å². The van der Waals surface area contributed by atoms with Gasteiger partial charge in [0.05, 0.1) is 11.9 Å². The summed E-state index contributed by atoms with van der Waals surface area (Å²) in [4.78, 5) is 28.5. The maximum Gasteiger partial charge on any atom is 0.320 e. The third kappa shape index (κ3) is 3.45. The molecule has 0 spiro atoms. The number of aliphatic imine (C=N–C) groups is 1. The van der Waals surface area contributed by atoms with Crippen molar-refractivity contribution in [3.63, 3.8) is 0 Å². The summed E-state index contributed by atoms with van der Waals surface area (Å²) >= 11 is 0. The van der Waals surface area contributed by atoms with E-state index in [1.165, 1.54) is 24.9 Å². The molecule has 9 nitrogen and oxygen atoms in total. The van der Waals surface area contributed by atoms with Crippen molar-refractivity contribution in [3.05, 3.63) is 31.0 Å². The SMILES string of the molecule is O=C=NCNC(=O)Nc1ccc(-n2cnnc2)nc1. The molecule has 0 unspecified atom stereocenters. The molecule has 0 saturated carbocycles. The summed E-state index contributed by atoms with van der Waals surface area (Å²) in [5, 5.41) is 12.2. The van der Waals surface area contributed by atoms with Gasteiger partial charge in [-0.1, -0.05) is 0 Å². The topological polar surface area (TPSA) is 114 Å². The highest BCUT2D eigenvalue weighted by Gasteiger charge is 2.02. The van der Waals surface area contributed by atoms with Crippen LogP contribution in [0.15, 0.2) is 36.0 Å². The Morgan fingerprint density at radius 1 is 1.37 bits per heavy atom. The third-order valence-corrected chi connectivity index (χ3v) is 2.07. The molecule has 2 heterocycles. The van der Waals surface area contributed by atoms with Crippen LogP contribution in [0.3, 0.4) is 0 Å². The van der Waals surface area contributed by atoms with Gasteiger partial charge in [-0.25, -0.2) is 14.6 Å². The average Bonchev–Trinajstić information content (AvgIpc) is 2.94. The Morgan fingerprint density at radius 3 is 2.79 bits per heavy atom. The van der Waals surface area contributed by atoms with Gasteiger partial charge in [0.1, 0.15) is 25.1 Å². The van der Waals surface area contributed by atoms with Crippen molar-refractivity contribution < 1.29 is 9.59 Å². The maximum atomic E-state index is 11.3. The van der Waals surface area contributed by atoms with Crippen molar-refractivity contribution in [3.8, 4) is 5.82 Å². The maximum absolute atomic E-state index is 11.3. The second-order valence-electron chi connectivity index (χ2n) is 3.31. The number of isocyanates is 1. The van der Waals surface area contributed by atoms with E-state index in [-0.39, 0.29) is 6.67 Å². The smallest absolute Gasteiger partial charge is 0.318 e. The number of amides is 2. The Morgan fingerprint density at radius 2 is 2.16 bits per heavy atom. The molecule has 0 aliphatic rings. The molecular formula is C10H9N7O2. The van der Waals surface area contributed by atoms with Crippen LogP contribution in [0.25, 0.3) is 5.82 Å². The van der Waals surface area contributed by atoms with Gasteiger partial charge in [-0.15, -0.1) is 10.2 Å². The Labute approximate surface area is 107 Å². The van der Waals surface area contributed by atoms with E-state index >= 15 is 0 Å². The summed E-state index contributed by atoms with van der Waals surface area (Å²) in [6, 6.07) is 2.88. The van der Waals surface area contributed by atoms with Gasteiger partial charge in [-0.05, 0) is 12.1 Å². The zero-order valence-electron chi connectivity index (χ0n) is 9.65. The number of nitrogens with one attached hydrogen (secondary N) is 2. The number of hydrogen-bond donors (Lipinski definition) is 2. The van der Waals surface area contributed by atoms with Crippen LogP contribution >= 0.6 is 0 Å². The van der Waals surface area contributed by atoms with Crippen molar-refractivity contribution in [2.24, 2.45) is 4.99 Å². The van der Waals surface area contributed by atoms with Crippen molar-refractivity contribution in [1.82, 2.24) is 25.1 Å². The quantitative estimate of drug-likeness (QED) is 0.596. The Hall–Kier alpha value is -3.06. The molecule has 19 heavy (non-hydrogen) atoms. The molecule has 0 aliphatic heterocycles. The lowest BCUT2D eigenvalue weighted by Gasteiger charge is -2.05. The number of carbonyl (C=O) groups excluding carboxylic acids is 2. The second-order valence-corrected chi connectivity index (χ2v) is 3.31. The minimum absolute atomic E-state index is 0.123. The second kappa shape index (κ2) is 6.03. The first-order valence-corrected chi connectivity index (χ1v) is 5.19. The first-order chi connectivity index (χ1) is 9.29. The summed E-state index contributed by atoms with van der Waals surface area (Å²) in [7, 11) is 0. The Kier molecular flexibility index (Phi) is 3.94. The van der Waals surface area contributed by atoms with Crippen LogP contribution in [0.4, 0.5) is 10.5 Å².